The van der Waals surface area contributed by atoms with Gasteiger partial charge in [0.05, 0.1) is 22.1 Å². The van der Waals surface area contributed by atoms with Crippen molar-refractivity contribution < 1.29 is 4.42 Å². The summed E-state index contributed by atoms with van der Waals surface area (Å²) in [7, 11) is 0. The highest BCUT2D eigenvalue weighted by atomic mass is 32.1. The van der Waals surface area contributed by atoms with Gasteiger partial charge in [0, 0.05) is 47.3 Å². The Hall–Kier alpha value is -6.82. The zero-order valence-corrected chi connectivity index (χ0v) is 29.1. The quantitative estimate of drug-likeness (QED) is 0.185. The SMILES string of the molecule is c1ccc(-c2ccc3c(c2)c2cc4ccc5c6ccccc6sc5c4cc2n3-c2nc(-c3ccccc3)c3c(n2)oc2ccc4ccccc4c23)cc1. The number of hydrogen-bond acceptors (Lipinski definition) is 4. The number of thiophene rings is 1. The third-order valence-corrected chi connectivity index (χ3v) is 12.0. The van der Waals surface area contributed by atoms with Gasteiger partial charge in [-0.05, 0) is 63.7 Å². The van der Waals surface area contributed by atoms with E-state index in [1.165, 1.54) is 42.1 Å². The van der Waals surface area contributed by atoms with Gasteiger partial charge in [-0.1, -0.05) is 127 Å². The van der Waals surface area contributed by atoms with Gasteiger partial charge in [0.1, 0.15) is 5.58 Å². The van der Waals surface area contributed by atoms with Crippen LogP contribution >= 0.6 is 11.3 Å². The van der Waals surface area contributed by atoms with Crippen LogP contribution in [0.5, 0.6) is 0 Å². The third-order valence-electron chi connectivity index (χ3n) is 10.8. The third kappa shape index (κ3) is 4.17. The molecule has 4 aromatic heterocycles. The first-order valence-electron chi connectivity index (χ1n) is 17.8. The summed E-state index contributed by atoms with van der Waals surface area (Å²) in [5.74, 6) is 0.579. The predicted molar refractivity (Wildman–Crippen MR) is 222 cm³/mol. The monoisotopic (exact) mass is 693 g/mol. The van der Waals surface area contributed by atoms with Crippen molar-refractivity contribution in [2.75, 3.05) is 0 Å². The van der Waals surface area contributed by atoms with Crippen LogP contribution in [0.1, 0.15) is 0 Å². The maximum atomic E-state index is 6.66. The van der Waals surface area contributed by atoms with Crippen LogP contribution in [0, 0.1) is 0 Å². The van der Waals surface area contributed by atoms with Gasteiger partial charge in [0.2, 0.25) is 11.7 Å². The van der Waals surface area contributed by atoms with Crippen molar-refractivity contribution in [2.45, 2.75) is 0 Å². The summed E-state index contributed by atoms with van der Waals surface area (Å²) in [6.07, 6.45) is 0. The highest BCUT2D eigenvalue weighted by Gasteiger charge is 2.23. The van der Waals surface area contributed by atoms with Crippen molar-refractivity contribution in [3.8, 4) is 28.3 Å². The van der Waals surface area contributed by atoms with E-state index in [2.05, 4.69) is 162 Å². The molecule has 0 aliphatic carbocycles. The van der Waals surface area contributed by atoms with Gasteiger partial charge in [0.25, 0.3) is 0 Å². The molecule has 0 atom stereocenters. The van der Waals surface area contributed by atoms with Gasteiger partial charge >= 0.3 is 0 Å². The van der Waals surface area contributed by atoms with E-state index < -0.39 is 0 Å². The molecule has 12 rings (SSSR count). The van der Waals surface area contributed by atoms with Crippen molar-refractivity contribution in [3.05, 3.63) is 164 Å². The molecule has 0 saturated heterocycles. The molecule has 4 nitrogen and oxygen atoms in total. The van der Waals surface area contributed by atoms with Crippen LogP contribution in [0.4, 0.5) is 0 Å². The second-order valence-electron chi connectivity index (χ2n) is 13.7. The van der Waals surface area contributed by atoms with Crippen LogP contribution in [0.25, 0.3) is 114 Å². The van der Waals surface area contributed by atoms with Crippen molar-refractivity contribution in [2.24, 2.45) is 0 Å². The summed E-state index contributed by atoms with van der Waals surface area (Å²) in [6.45, 7) is 0. The molecule has 5 heteroatoms. The maximum absolute atomic E-state index is 6.66. The average Bonchev–Trinajstić information content (AvgIpc) is 3.90. The van der Waals surface area contributed by atoms with Crippen LogP contribution in [-0.2, 0) is 0 Å². The van der Waals surface area contributed by atoms with E-state index in [-0.39, 0.29) is 0 Å². The lowest BCUT2D eigenvalue weighted by molar-refractivity contribution is 0.651. The first-order valence-corrected chi connectivity index (χ1v) is 18.6. The van der Waals surface area contributed by atoms with Crippen LogP contribution < -0.4 is 0 Å². The minimum absolute atomic E-state index is 0.573. The number of benzene rings is 8. The Labute approximate surface area is 306 Å². The molecule has 8 aromatic carbocycles. The van der Waals surface area contributed by atoms with Crippen molar-refractivity contribution in [1.29, 1.82) is 0 Å². The average molecular weight is 694 g/mol. The zero-order valence-electron chi connectivity index (χ0n) is 28.2. The minimum atomic E-state index is 0.573. The second kappa shape index (κ2) is 10.8. The van der Waals surface area contributed by atoms with Crippen molar-refractivity contribution in [1.82, 2.24) is 14.5 Å². The number of nitrogens with zero attached hydrogens (tertiary/aromatic N) is 3. The Balaban J connectivity index is 1.23. The largest absolute Gasteiger partial charge is 0.437 e. The Kier molecular flexibility index (Phi) is 5.90. The van der Waals surface area contributed by atoms with E-state index in [4.69, 9.17) is 14.4 Å². The first-order chi connectivity index (χ1) is 26.3. The summed E-state index contributed by atoms with van der Waals surface area (Å²) in [5.41, 5.74) is 7.69. The predicted octanol–water partition coefficient (Wildman–Crippen LogP) is 13.5. The minimum Gasteiger partial charge on any atom is -0.437 e. The number of rotatable bonds is 3. The molecule has 0 aliphatic rings. The number of aromatic nitrogens is 3. The molecule has 0 N–H and O–H groups in total. The fourth-order valence-corrected chi connectivity index (χ4v) is 9.61. The van der Waals surface area contributed by atoms with Gasteiger partial charge in [0.15, 0.2) is 0 Å². The second-order valence-corrected chi connectivity index (χ2v) is 14.8. The van der Waals surface area contributed by atoms with Crippen molar-refractivity contribution >= 4 is 96.9 Å². The Bertz CT molecular complexity index is 3450. The van der Waals surface area contributed by atoms with E-state index in [0.29, 0.717) is 11.7 Å². The topological polar surface area (TPSA) is 43.9 Å². The molecule has 12 aromatic rings. The highest BCUT2D eigenvalue weighted by Crippen LogP contribution is 2.44. The number of fused-ring (bicyclic) bond motifs is 13. The smallest absolute Gasteiger partial charge is 0.238 e. The lowest BCUT2D eigenvalue weighted by atomic mass is 10.0. The lowest BCUT2D eigenvalue weighted by Crippen LogP contribution is -2.03. The zero-order chi connectivity index (χ0) is 34.6. The number of hydrogen-bond donors (Lipinski definition) is 0. The molecular formula is C48H27N3OS. The first kappa shape index (κ1) is 28.8. The summed E-state index contributed by atoms with van der Waals surface area (Å²) < 4.78 is 11.5. The molecule has 246 valence electrons. The van der Waals surface area contributed by atoms with Crippen LogP contribution in [0.2, 0.25) is 0 Å². The van der Waals surface area contributed by atoms with Gasteiger partial charge in [-0.25, -0.2) is 4.98 Å². The highest BCUT2D eigenvalue weighted by molar-refractivity contribution is 7.26. The normalized spacial score (nSPS) is 12.2. The lowest BCUT2D eigenvalue weighted by Gasteiger charge is -2.10. The Morgan fingerprint density at radius 1 is 0.453 bits per heavy atom. The van der Waals surface area contributed by atoms with Gasteiger partial charge < -0.3 is 4.42 Å². The van der Waals surface area contributed by atoms with E-state index in [1.54, 1.807) is 0 Å². The molecule has 0 fully saturated rings. The van der Waals surface area contributed by atoms with Crippen molar-refractivity contribution in [3.63, 3.8) is 0 Å². The van der Waals surface area contributed by atoms with Gasteiger partial charge in [-0.15, -0.1) is 11.3 Å². The molecule has 0 saturated carbocycles. The summed E-state index contributed by atoms with van der Waals surface area (Å²) in [4.78, 5) is 10.8. The van der Waals surface area contributed by atoms with Gasteiger partial charge in [-0.3, -0.25) is 4.57 Å². The van der Waals surface area contributed by atoms with Gasteiger partial charge in [-0.2, -0.15) is 4.98 Å². The van der Waals surface area contributed by atoms with E-state index in [9.17, 15) is 0 Å². The van der Waals surface area contributed by atoms with E-state index >= 15 is 0 Å². The fourth-order valence-electron chi connectivity index (χ4n) is 8.38. The Morgan fingerprint density at radius 2 is 1.19 bits per heavy atom. The molecule has 0 amide bonds. The summed E-state index contributed by atoms with van der Waals surface area (Å²) >= 11 is 1.86. The Morgan fingerprint density at radius 3 is 2.06 bits per heavy atom. The van der Waals surface area contributed by atoms with E-state index in [0.717, 1.165) is 60.2 Å². The van der Waals surface area contributed by atoms with Crippen LogP contribution in [0.3, 0.4) is 0 Å². The molecule has 0 radical (unpaired) electrons. The number of furan rings is 1. The molecule has 0 unspecified atom stereocenters. The molecule has 0 spiro atoms. The molecule has 4 heterocycles. The fraction of sp³-hybridized carbons (Fsp3) is 0. The molecular weight excluding hydrogens is 667 g/mol. The molecule has 0 bridgehead atoms. The van der Waals surface area contributed by atoms with Crippen LogP contribution in [-0.4, -0.2) is 14.5 Å². The maximum Gasteiger partial charge on any atom is 0.238 e. The molecule has 53 heavy (non-hydrogen) atoms. The van der Waals surface area contributed by atoms with Crippen LogP contribution in [0.15, 0.2) is 168 Å². The summed E-state index contributed by atoms with van der Waals surface area (Å²) in [6, 6.07) is 58.4. The standard InChI is InChI=1S/C48H27N3OS/c1-3-11-28(12-4-1)31-20-23-39-37(25-31)38-26-32-19-22-35-34-17-9-10-18-42(34)53-46(35)36(32)27-40(38)51(39)48-49-45(30-14-5-2-6-15-30)44-43-33-16-8-7-13-29(33)21-24-41(43)52-47(44)50-48/h1-27H. The summed E-state index contributed by atoms with van der Waals surface area (Å²) in [5, 5.41) is 11.6. The molecule has 0 aliphatic heterocycles. The van der Waals surface area contributed by atoms with E-state index in [1.807, 2.05) is 17.4 Å².